The van der Waals surface area contributed by atoms with Crippen molar-refractivity contribution in [3.05, 3.63) is 57.3 Å². The third-order valence-electron chi connectivity index (χ3n) is 6.96. The zero-order valence-electron chi connectivity index (χ0n) is 23.0. The Morgan fingerprint density at radius 1 is 1.26 bits per heavy atom. The summed E-state index contributed by atoms with van der Waals surface area (Å²) in [5.74, 6) is -0.491. The molecule has 3 heterocycles. The lowest BCUT2D eigenvalue weighted by molar-refractivity contribution is -0.133. The summed E-state index contributed by atoms with van der Waals surface area (Å²) in [4.78, 5) is 24.5. The summed E-state index contributed by atoms with van der Waals surface area (Å²) >= 11 is 10.6. The highest BCUT2D eigenvalue weighted by atomic mass is 35.5. The molecule has 17 heteroatoms. The average Bonchev–Trinajstić information content (AvgIpc) is 3.59. The zero-order valence-corrected chi connectivity index (χ0v) is 25.4. The highest BCUT2D eigenvalue weighted by Crippen LogP contribution is 2.40. The number of piperidine rings is 1. The number of carbonyl (C=O) groups excluding carboxylic acids is 1. The van der Waals surface area contributed by atoms with Crippen LogP contribution in [0.3, 0.4) is 0 Å². The predicted octanol–water partition coefficient (Wildman–Crippen LogP) is 5.74. The van der Waals surface area contributed by atoms with Crippen LogP contribution in [-0.2, 0) is 26.3 Å². The van der Waals surface area contributed by atoms with E-state index < -0.39 is 52.9 Å². The normalized spacial score (nSPS) is 18.8. The molecule has 0 aliphatic carbocycles. The molecule has 1 saturated heterocycles. The summed E-state index contributed by atoms with van der Waals surface area (Å²) in [5, 5.41) is 9.31. The molecule has 1 unspecified atom stereocenters. The molecule has 4 rings (SSSR count). The number of rotatable bonds is 10. The summed E-state index contributed by atoms with van der Waals surface area (Å²) in [6.07, 6.45) is -4.62. The minimum atomic E-state index is -3.83. The smallest absolute Gasteiger partial charge is 0.306 e. The summed E-state index contributed by atoms with van der Waals surface area (Å²) < 4.78 is 81.6. The molecule has 0 N–H and O–H groups in total. The van der Waals surface area contributed by atoms with Gasteiger partial charge in [0.05, 0.1) is 22.5 Å². The Balaban J connectivity index is 1.37. The van der Waals surface area contributed by atoms with Gasteiger partial charge >= 0.3 is 10.1 Å². The van der Waals surface area contributed by atoms with Crippen molar-refractivity contribution in [3.8, 4) is 5.75 Å². The first-order valence-electron chi connectivity index (χ1n) is 13.0. The zero-order chi connectivity index (χ0) is 31.5. The van der Waals surface area contributed by atoms with Crippen LogP contribution >= 0.6 is 24.2 Å². The first-order valence-corrected chi connectivity index (χ1v) is 15.7. The molecule has 1 fully saturated rings. The van der Waals surface area contributed by atoms with Crippen molar-refractivity contribution in [3.63, 3.8) is 0 Å². The largest absolute Gasteiger partial charge is 0.387 e. The second kappa shape index (κ2) is 13.7. The Bertz CT molecular complexity index is 1560. The molecule has 2 aromatic rings. The molecular weight excluding hydrogens is 638 g/mol. The predicted molar refractivity (Wildman–Crippen MR) is 154 cm³/mol. The maximum atomic E-state index is 13.3. The molecule has 2 aliphatic rings. The monoisotopic (exact) mass is 665 g/mol. The highest BCUT2D eigenvalue weighted by Gasteiger charge is 2.32. The third-order valence-corrected chi connectivity index (χ3v) is 8.02. The summed E-state index contributed by atoms with van der Waals surface area (Å²) in [5.41, 5.74) is 0.404. The van der Waals surface area contributed by atoms with E-state index in [1.807, 2.05) is 6.92 Å². The van der Waals surface area contributed by atoms with Gasteiger partial charge in [-0.25, -0.2) is 17.6 Å². The molecule has 10 nitrogen and oxygen atoms in total. The van der Waals surface area contributed by atoms with Crippen LogP contribution in [0.25, 0.3) is 0 Å². The van der Waals surface area contributed by atoms with Gasteiger partial charge < -0.3 is 13.9 Å². The highest BCUT2D eigenvalue weighted by molar-refractivity contribution is 7.86. The number of carbonyl (C=O) groups is 1. The number of aromatic nitrogens is 2. The number of likely N-dealkylation sites (tertiary alicyclic amines) is 1. The fourth-order valence-electron chi connectivity index (χ4n) is 4.83. The number of amides is 1. The summed E-state index contributed by atoms with van der Waals surface area (Å²) in [7, 11) is -3.83. The lowest BCUT2D eigenvalue weighted by atomic mass is 9.92. The van der Waals surface area contributed by atoms with Gasteiger partial charge in [0.2, 0.25) is 5.91 Å². The van der Waals surface area contributed by atoms with Crippen molar-refractivity contribution < 1.29 is 39.8 Å². The van der Waals surface area contributed by atoms with Gasteiger partial charge in [-0.2, -0.15) is 13.5 Å². The summed E-state index contributed by atoms with van der Waals surface area (Å²) in [6, 6.07) is 5.21. The van der Waals surface area contributed by atoms with Gasteiger partial charge in [0.15, 0.2) is 11.9 Å². The number of halogens is 5. The van der Waals surface area contributed by atoms with Crippen LogP contribution in [0.5, 0.6) is 5.75 Å². The Morgan fingerprint density at radius 3 is 2.56 bits per heavy atom. The van der Waals surface area contributed by atoms with Crippen LogP contribution in [0.4, 0.5) is 17.6 Å². The van der Waals surface area contributed by atoms with E-state index in [2.05, 4.69) is 27.9 Å². The van der Waals surface area contributed by atoms with Gasteiger partial charge in [-0.3, -0.25) is 14.5 Å². The van der Waals surface area contributed by atoms with Crippen molar-refractivity contribution >= 4 is 51.7 Å². The van der Waals surface area contributed by atoms with Gasteiger partial charge in [0.1, 0.15) is 23.6 Å². The molecule has 1 aromatic heterocycles. The van der Waals surface area contributed by atoms with E-state index in [0.717, 1.165) is 12.0 Å². The number of aliphatic imine (C=N–C) groups is 1. The van der Waals surface area contributed by atoms with E-state index in [-0.39, 0.29) is 23.1 Å². The standard InChI is InChI=1S/C26H28ClF4N5O5S2/c1-14(15-6-8-35(9-7-15)23(37)12-36-20(26(30)31)10-18(33-36)25(28)29)32-19(13-42)17-11-22(40-34-17)24-16(27)4-3-5-21(24)41-43(2,38)39/h3-5,10,13,15,22,25-26,42H,6-9,11-12H2,1-2H3/b19-13-,32-14+. The molecule has 1 atom stereocenters. The Kier molecular flexibility index (Phi) is 10.4. The van der Waals surface area contributed by atoms with Crippen molar-refractivity contribution in [1.82, 2.24) is 14.7 Å². The third kappa shape index (κ3) is 8.09. The number of benzene rings is 1. The van der Waals surface area contributed by atoms with Gasteiger partial charge in [0.25, 0.3) is 12.9 Å². The molecule has 0 saturated carbocycles. The lowest BCUT2D eigenvalue weighted by Gasteiger charge is -2.32. The van der Waals surface area contributed by atoms with Gasteiger partial charge in [-0.15, -0.1) is 12.6 Å². The van der Waals surface area contributed by atoms with Crippen molar-refractivity contribution in [1.29, 1.82) is 0 Å². The minimum Gasteiger partial charge on any atom is -0.387 e. The molecule has 0 spiro atoms. The van der Waals surface area contributed by atoms with E-state index in [1.165, 1.54) is 16.4 Å². The Morgan fingerprint density at radius 2 is 1.95 bits per heavy atom. The quantitative estimate of drug-likeness (QED) is 0.150. The van der Waals surface area contributed by atoms with E-state index in [9.17, 15) is 30.8 Å². The van der Waals surface area contributed by atoms with Crippen LogP contribution in [0.15, 0.2) is 45.5 Å². The molecule has 1 aromatic carbocycles. The fourth-order valence-corrected chi connectivity index (χ4v) is 5.80. The van der Waals surface area contributed by atoms with Crippen LogP contribution in [0.1, 0.15) is 62.1 Å². The number of thiol groups is 1. The number of nitrogens with zero attached hydrogens (tertiary/aromatic N) is 5. The second-order valence-electron chi connectivity index (χ2n) is 9.95. The van der Waals surface area contributed by atoms with E-state index in [1.54, 1.807) is 12.1 Å². The number of hydrogen-bond donors (Lipinski definition) is 1. The number of hydrogen-bond acceptors (Lipinski definition) is 9. The first-order chi connectivity index (χ1) is 20.3. The second-order valence-corrected chi connectivity index (χ2v) is 12.2. The summed E-state index contributed by atoms with van der Waals surface area (Å²) in [6.45, 7) is 1.87. The maximum Gasteiger partial charge on any atom is 0.306 e. The average molecular weight is 666 g/mol. The number of oxime groups is 1. The van der Waals surface area contributed by atoms with E-state index in [0.29, 0.717) is 53.7 Å². The molecule has 2 aliphatic heterocycles. The van der Waals surface area contributed by atoms with Gasteiger partial charge in [0, 0.05) is 31.1 Å². The first kappa shape index (κ1) is 32.8. The topological polar surface area (TPSA) is 115 Å². The van der Waals surface area contributed by atoms with Gasteiger partial charge in [-0.1, -0.05) is 22.8 Å². The van der Waals surface area contributed by atoms with Gasteiger partial charge in [-0.05, 0) is 43.4 Å². The number of alkyl halides is 4. The van der Waals surface area contributed by atoms with Crippen LogP contribution in [0.2, 0.25) is 5.02 Å². The molecule has 0 radical (unpaired) electrons. The molecule has 43 heavy (non-hydrogen) atoms. The molecule has 0 bridgehead atoms. The Hall–Kier alpha value is -3.11. The van der Waals surface area contributed by atoms with E-state index in [4.69, 9.17) is 20.6 Å². The molecular formula is C26H28ClF4N5O5S2. The lowest BCUT2D eigenvalue weighted by Crippen LogP contribution is -2.41. The maximum absolute atomic E-state index is 13.3. The molecule has 234 valence electrons. The van der Waals surface area contributed by atoms with Crippen molar-refractivity contribution in [2.24, 2.45) is 16.1 Å². The van der Waals surface area contributed by atoms with Crippen LogP contribution in [-0.4, -0.2) is 59.8 Å². The fraction of sp³-hybridized carbons (Fsp3) is 0.462. The molecule has 1 amide bonds. The Labute approximate surface area is 255 Å². The van der Waals surface area contributed by atoms with Crippen LogP contribution < -0.4 is 4.18 Å². The minimum absolute atomic E-state index is 0.0175. The SMILES string of the molecule is C/C(=N\C(=C/S)C1=NOC(c2c(Cl)cccc2OS(C)(=O)=O)C1)C1CCN(C(=O)Cn2nc(C(F)F)cc2C(F)F)CC1. The van der Waals surface area contributed by atoms with E-state index >= 15 is 0 Å². The number of allylic oxidation sites excluding steroid dienone is 1. The van der Waals surface area contributed by atoms with Crippen molar-refractivity contribution in [2.45, 2.75) is 51.7 Å². The van der Waals surface area contributed by atoms with Crippen LogP contribution in [0, 0.1) is 5.92 Å². The van der Waals surface area contributed by atoms with Crippen molar-refractivity contribution in [2.75, 3.05) is 19.3 Å².